The summed E-state index contributed by atoms with van der Waals surface area (Å²) in [7, 11) is 1.35. The molecule has 3 rings (SSSR count). The SMILES string of the molecule is COC(=O)c1ccccc1Nc1cnnc(Nc2ccccc2C(C)C)n1. The van der Waals surface area contributed by atoms with E-state index in [0.717, 1.165) is 11.3 Å². The van der Waals surface area contributed by atoms with Crippen LogP contribution in [-0.2, 0) is 4.74 Å². The second-order valence-corrected chi connectivity index (χ2v) is 6.19. The van der Waals surface area contributed by atoms with Crippen LogP contribution in [0.4, 0.5) is 23.1 Å². The van der Waals surface area contributed by atoms with Gasteiger partial charge in [-0.15, -0.1) is 5.10 Å². The number of esters is 1. The summed E-state index contributed by atoms with van der Waals surface area (Å²) in [6.45, 7) is 4.25. The van der Waals surface area contributed by atoms with E-state index in [1.54, 1.807) is 18.2 Å². The zero-order chi connectivity index (χ0) is 19.2. The molecule has 0 amide bonds. The molecule has 1 heterocycles. The average molecular weight is 363 g/mol. The number of methoxy groups -OCH3 is 1. The number of ether oxygens (including phenoxy) is 1. The van der Waals surface area contributed by atoms with E-state index >= 15 is 0 Å². The Morgan fingerprint density at radius 3 is 2.44 bits per heavy atom. The molecule has 138 valence electrons. The zero-order valence-corrected chi connectivity index (χ0v) is 15.4. The standard InChI is InChI=1S/C20H21N5O2/c1-13(2)14-8-4-6-10-16(14)23-20-24-18(12-21-25-20)22-17-11-7-5-9-15(17)19(26)27-3/h4-13H,1-3H3,(H2,22,23,24,25). The van der Waals surface area contributed by atoms with Gasteiger partial charge in [0.1, 0.15) is 0 Å². The van der Waals surface area contributed by atoms with Crippen LogP contribution in [0.2, 0.25) is 0 Å². The summed E-state index contributed by atoms with van der Waals surface area (Å²) in [6, 6.07) is 15.0. The van der Waals surface area contributed by atoms with Crippen molar-refractivity contribution in [1.29, 1.82) is 0 Å². The lowest BCUT2D eigenvalue weighted by Crippen LogP contribution is -2.08. The number of carbonyl (C=O) groups is 1. The lowest BCUT2D eigenvalue weighted by atomic mass is 10.0. The molecule has 0 aliphatic rings. The molecule has 0 atom stereocenters. The van der Waals surface area contributed by atoms with Crippen molar-refractivity contribution < 1.29 is 9.53 Å². The van der Waals surface area contributed by atoms with Gasteiger partial charge in [-0.2, -0.15) is 10.1 Å². The van der Waals surface area contributed by atoms with E-state index in [1.807, 2.05) is 24.3 Å². The molecule has 2 N–H and O–H groups in total. The van der Waals surface area contributed by atoms with Crippen LogP contribution >= 0.6 is 0 Å². The number of carbonyl (C=O) groups excluding carboxylic acids is 1. The molecule has 0 radical (unpaired) electrons. The molecule has 7 nitrogen and oxygen atoms in total. The Bertz CT molecular complexity index is 943. The highest BCUT2D eigenvalue weighted by atomic mass is 16.5. The topological polar surface area (TPSA) is 89.0 Å². The second kappa shape index (κ2) is 8.27. The Hall–Kier alpha value is -3.48. The third-order valence-corrected chi connectivity index (χ3v) is 3.98. The van der Waals surface area contributed by atoms with E-state index < -0.39 is 5.97 Å². The molecule has 7 heteroatoms. The number of aromatic nitrogens is 3. The van der Waals surface area contributed by atoms with Gasteiger partial charge in [-0.05, 0) is 29.7 Å². The molecule has 2 aromatic carbocycles. The van der Waals surface area contributed by atoms with E-state index in [0.29, 0.717) is 28.9 Å². The summed E-state index contributed by atoms with van der Waals surface area (Å²) in [5.74, 6) is 0.758. The molecule has 27 heavy (non-hydrogen) atoms. The van der Waals surface area contributed by atoms with E-state index in [9.17, 15) is 4.79 Å². The van der Waals surface area contributed by atoms with Crippen LogP contribution in [0.3, 0.4) is 0 Å². The van der Waals surface area contributed by atoms with Crippen molar-refractivity contribution in [3.05, 3.63) is 65.9 Å². The van der Waals surface area contributed by atoms with Gasteiger partial charge in [0.15, 0.2) is 5.82 Å². The molecule has 0 saturated heterocycles. The first kappa shape index (κ1) is 18.3. The lowest BCUT2D eigenvalue weighted by Gasteiger charge is -2.14. The number of anilines is 4. The maximum atomic E-state index is 11.9. The molecular weight excluding hydrogens is 342 g/mol. The number of hydrogen-bond donors (Lipinski definition) is 2. The van der Waals surface area contributed by atoms with E-state index in [1.165, 1.54) is 13.3 Å². The number of nitrogens with zero attached hydrogens (tertiary/aromatic N) is 3. The smallest absolute Gasteiger partial charge is 0.339 e. The van der Waals surface area contributed by atoms with Crippen LogP contribution in [0.5, 0.6) is 0 Å². The van der Waals surface area contributed by atoms with Crippen molar-refractivity contribution in [1.82, 2.24) is 15.2 Å². The highest BCUT2D eigenvalue weighted by molar-refractivity contribution is 5.96. The van der Waals surface area contributed by atoms with E-state index in [4.69, 9.17) is 4.74 Å². The van der Waals surface area contributed by atoms with Crippen LogP contribution in [0.1, 0.15) is 35.7 Å². The maximum absolute atomic E-state index is 11.9. The molecular formula is C20H21N5O2. The second-order valence-electron chi connectivity index (χ2n) is 6.19. The first-order valence-corrected chi connectivity index (χ1v) is 8.58. The van der Waals surface area contributed by atoms with Crippen LogP contribution in [-0.4, -0.2) is 28.3 Å². The normalized spacial score (nSPS) is 10.5. The van der Waals surface area contributed by atoms with Gasteiger partial charge in [-0.3, -0.25) is 0 Å². The van der Waals surface area contributed by atoms with Crippen LogP contribution < -0.4 is 10.6 Å². The summed E-state index contributed by atoms with van der Waals surface area (Å²) in [6.07, 6.45) is 1.49. The average Bonchev–Trinajstić information content (AvgIpc) is 2.68. The van der Waals surface area contributed by atoms with Crippen LogP contribution in [0.25, 0.3) is 0 Å². The molecule has 0 fully saturated rings. The monoisotopic (exact) mass is 363 g/mol. The highest BCUT2D eigenvalue weighted by Crippen LogP contribution is 2.26. The van der Waals surface area contributed by atoms with Gasteiger partial charge in [0.2, 0.25) is 5.95 Å². The Balaban J connectivity index is 1.85. The molecule has 0 saturated carbocycles. The minimum absolute atomic E-state index is 0.356. The molecule has 0 bridgehead atoms. The van der Waals surface area contributed by atoms with Crippen molar-refractivity contribution in [2.24, 2.45) is 0 Å². The van der Waals surface area contributed by atoms with E-state index in [2.05, 4.69) is 45.7 Å². The minimum Gasteiger partial charge on any atom is -0.465 e. The fraction of sp³-hybridized carbons (Fsp3) is 0.200. The highest BCUT2D eigenvalue weighted by Gasteiger charge is 2.12. The molecule has 0 aliphatic carbocycles. The molecule has 1 aromatic heterocycles. The lowest BCUT2D eigenvalue weighted by molar-refractivity contribution is 0.0602. The maximum Gasteiger partial charge on any atom is 0.339 e. The first-order valence-electron chi connectivity index (χ1n) is 8.58. The third-order valence-electron chi connectivity index (χ3n) is 3.98. The predicted octanol–water partition coefficient (Wildman–Crippen LogP) is 4.27. The summed E-state index contributed by atoms with van der Waals surface area (Å²) >= 11 is 0. The predicted molar refractivity (Wildman–Crippen MR) is 105 cm³/mol. The summed E-state index contributed by atoms with van der Waals surface area (Å²) in [4.78, 5) is 16.4. The summed E-state index contributed by atoms with van der Waals surface area (Å²) < 4.78 is 4.81. The van der Waals surface area contributed by atoms with Crippen LogP contribution in [0.15, 0.2) is 54.7 Å². The molecule has 0 unspecified atom stereocenters. The van der Waals surface area contributed by atoms with Crippen molar-refractivity contribution in [3.63, 3.8) is 0 Å². The van der Waals surface area contributed by atoms with Gasteiger partial charge >= 0.3 is 5.97 Å². The Morgan fingerprint density at radius 2 is 1.70 bits per heavy atom. The quantitative estimate of drug-likeness (QED) is 0.632. The zero-order valence-electron chi connectivity index (χ0n) is 15.4. The van der Waals surface area contributed by atoms with Gasteiger partial charge in [0.25, 0.3) is 0 Å². The number of para-hydroxylation sites is 2. The number of nitrogens with one attached hydrogen (secondary N) is 2. The van der Waals surface area contributed by atoms with Gasteiger partial charge in [-0.1, -0.05) is 44.2 Å². The van der Waals surface area contributed by atoms with Crippen molar-refractivity contribution >= 4 is 29.1 Å². The fourth-order valence-corrected chi connectivity index (χ4v) is 2.67. The minimum atomic E-state index is -0.427. The van der Waals surface area contributed by atoms with Crippen molar-refractivity contribution in [2.45, 2.75) is 19.8 Å². The van der Waals surface area contributed by atoms with Gasteiger partial charge in [0.05, 0.1) is 24.6 Å². The Morgan fingerprint density at radius 1 is 1.00 bits per heavy atom. The van der Waals surface area contributed by atoms with Crippen LogP contribution in [0, 0.1) is 0 Å². The molecule has 0 aliphatic heterocycles. The van der Waals surface area contributed by atoms with Gasteiger partial charge in [-0.25, -0.2) is 4.79 Å². The molecule has 3 aromatic rings. The first-order chi connectivity index (χ1) is 13.1. The Labute approximate surface area is 157 Å². The number of hydrogen-bond acceptors (Lipinski definition) is 7. The number of benzene rings is 2. The summed E-state index contributed by atoms with van der Waals surface area (Å²) in [5, 5.41) is 14.3. The molecule has 0 spiro atoms. The largest absolute Gasteiger partial charge is 0.465 e. The Kier molecular flexibility index (Phi) is 5.61. The van der Waals surface area contributed by atoms with Crippen molar-refractivity contribution in [2.75, 3.05) is 17.7 Å². The van der Waals surface area contributed by atoms with Crippen molar-refractivity contribution in [3.8, 4) is 0 Å². The van der Waals surface area contributed by atoms with Gasteiger partial charge < -0.3 is 15.4 Å². The van der Waals surface area contributed by atoms with Gasteiger partial charge in [0, 0.05) is 5.69 Å². The van der Waals surface area contributed by atoms with E-state index in [-0.39, 0.29) is 0 Å². The number of rotatable bonds is 6. The fourth-order valence-electron chi connectivity index (χ4n) is 2.67. The summed E-state index contributed by atoms with van der Waals surface area (Å²) in [5.41, 5.74) is 3.09. The third kappa shape index (κ3) is 4.38.